The van der Waals surface area contributed by atoms with Crippen LogP contribution in [0.5, 0.6) is 0 Å². The number of aryl methyl sites for hydroxylation is 1. The van der Waals surface area contributed by atoms with Crippen molar-refractivity contribution in [1.82, 2.24) is 20.0 Å². The molecule has 3 unspecified atom stereocenters. The summed E-state index contributed by atoms with van der Waals surface area (Å²) in [7, 11) is 0. The van der Waals surface area contributed by atoms with Crippen LogP contribution in [-0.4, -0.2) is 50.3 Å². The first-order chi connectivity index (χ1) is 13.6. The van der Waals surface area contributed by atoms with Crippen LogP contribution in [-0.2, 0) is 0 Å². The molecule has 2 aromatic heterocycles. The molecule has 1 aliphatic carbocycles. The Labute approximate surface area is 164 Å². The molecule has 8 nitrogen and oxygen atoms in total. The van der Waals surface area contributed by atoms with E-state index in [4.69, 9.17) is 0 Å². The first-order valence-electron chi connectivity index (χ1n) is 10.2. The summed E-state index contributed by atoms with van der Waals surface area (Å²) in [5.41, 5.74) is 0.752. The van der Waals surface area contributed by atoms with E-state index in [2.05, 4.69) is 25.5 Å². The molecule has 0 aromatic carbocycles. The third kappa shape index (κ3) is 4.01. The highest BCUT2D eigenvalue weighted by Crippen LogP contribution is 2.29. The second-order valence-corrected chi connectivity index (χ2v) is 7.82. The molecule has 2 fully saturated rings. The van der Waals surface area contributed by atoms with E-state index in [1.807, 2.05) is 25.1 Å². The molecule has 0 radical (unpaired) electrons. The minimum Gasteiger partial charge on any atom is -0.391 e. The van der Waals surface area contributed by atoms with Crippen LogP contribution in [0, 0.1) is 6.92 Å². The lowest BCUT2D eigenvalue weighted by molar-refractivity contribution is 0.127. The lowest BCUT2D eigenvalue weighted by atomic mass is 10.0. The van der Waals surface area contributed by atoms with Gasteiger partial charge in [-0.05, 0) is 63.6 Å². The maximum Gasteiger partial charge on any atom is 0.267 e. The fraction of sp³-hybridized carbons (Fsp3) is 0.600. The van der Waals surface area contributed by atoms with Crippen molar-refractivity contribution < 1.29 is 5.11 Å². The average molecular weight is 384 g/mol. The van der Waals surface area contributed by atoms with Crippen LogP contribution < -0.4 is 15.8 Å². The van der Waals surface area contributed by atoms with Crippen molar-refractivity contribution in [2.75, 3.05) is 23.3 Å². The molecular formula is C20H28N6O2. The topological polar surface area (TPSA) is 96.2 Å². The fourth-order valence-corrected chi connectivity index (χ4v) is 4.24. The van der Waals surface area contributed by atoms with Crippen molar-refractivity contribution in [3.63, 3.8) is 0 Å². The Morgan fingerprint density at radius 1 is 1.11 bits per heavy atom. The van der Waals surface area contributed by atoms with E-state index in [0.29, 0.717) is 0 Å². The molecule has 2 aliphatic rings. The van der Waals surface area contributed by atoms with Gasteiger partial charge < -0.3 is 15.3 Å². The number of aromatic nitrogens is 4. The molecule has 3 atom stereocenters. The van der Waals surface area contributed by atoms with Crippen molar-refractivity contribution in [3.8, 4) is 0 Å². The molecule has 2 N–H and O–H groups in total. The van der Waals surface area contributed by atoms with Crippen LogP contribution in [0.1, 0.15) is 50.3 Å². The lowest BCUT2D eigenvalue weighted by Crippen LogP contribution is -2.45. The van der Waals surface area contributed by atoms with Gasteiger partial charge >= 0.3 is 0 Å². The zero-order valence-corrected chi connectivity index (χ0v) is 16.3. The molecule has 8 heteroatoms. The van der Waals surface area contributed by atoms with Gasteiger partial charge in [-0.2, -0.15) is 10.2 Å². The average Bonchev–Trinajstić information content (AvgIpc) is 3.14. The molecule has 0 spiro atoms. The number of anilines is 2. The molecular weight excluding hydrogens is 356 g/mol. The van der Waals surface area contributed by atoms with E-state index in [1.165, 1.54) is 11.1 Å². The molecule has 150 valence electrons. The molecule has 1 saturated heterocycles. The standard InChI is InChI=1S/C20H28N6O2/c1-14-8-9-18(23-22-14)21-13-15-5-2-3-12-25(15)19-10-11-20(28)26(24-19)16-6-4-7-17(16)27/h8-11,15-17,27H,2-7,12-13H2,1H3,(H,21,23). The number of rotatable bonds is 5. The summed E-state index contributed by atoms with van der Waals surface area (Å²) in [5.74, 6) is 1.57. The van der Waals surface area contributed by atoms with Gasteiger partial charge in [0, 0.05) is 25.2 Å². The quantitative estimate of drug-likeness (QED) is 0.813. The van der Waals surface area contributed by atoms with E-state index in [-0.39, 0.29) is 17.6 Å². The van der Waals surface area contributed by atoms with Gasteiger partial charge in [-0.3, -0.25) is 4.79 Å². The van der Waals surface area contributed by atoms with Crippen molar-refractivity contribution in [3.05, 3.63) is 40.3 Å². The molecule has 28 heavy (non-hydrogen) atoms. The van der Waals surface area contributed by atoms with Crippen molar-refractivity contribution in [1.29, 1.82) is 0 Å². The first-order valence-corrected chi connectivity index (χ1v) is 10.2. The monoisotopic (exact) mass is 384 g/mol. The van der Waals surface area contributed by atoms with E-state index in [9.17, 15) is 9.90 Å². The van der Waals surface area contributed by atoms with Gasteiger partial charge in [0.2, 0.25) is 0 Å². The van der Waals surface area contributed by atoms with Crippen molar-refractivity contribution >= 4 is 11.6 Å². The minimum absolute atomic E-state index is 0.142. The van der Waals surface area contributed by atoms with Crippen LogP contribution in [0.25, 0.3) is 0 Å². The van der Waals surface area contributed by atoms with Crippen LogP contribution >= 0.6 is 0 Å². The number of aliphatic hydroxyl groups excluding tert-OH is 1. The number of nitrogens with one attached hydrogen (secondary N) is 1. The summed E-state index contributed by atoms with van der Waals surface area (Å²) in [6.07, 6.45) is 5.30. The first kappa shape index (κ1) is 18.9. The zero-order chi connectivity index (χ0) is 19.5. The second kappa shape index (κ2) is 8.26. The summed E-state index contributed by atoms with van der Waals surface area (Å²) < 4.78 is 1.50. The normalized spacial score (nSPS) is 25.1. The Bertz CT molecular complexity index is 853. The molecule has 0 amide bonds. The number of nitrogens with zero attached hydrogens (tertiary/aromatic N) is 5. The Morgan fingerprint density at radius 2 is 2.00 bits per heavy atom. The van der Waals surface area contributed by atoms with Gasteiger partial charge in [0.05, 0.1) is 17.8 Å². The molecule has 1 aliphatic heterocycles. The molecule has 0 bridgehead atoms. The summed E-state index contributed by atoms with van der Waals surface area (Å²) >= 11 is 0. The maximum absolute atomic E-state index is 12.3. The van der Waals surface area contributed by atoms with Crippen molar-refractivity contribution in [2.45, 2.75) is 63.6 Å². The van der Waals surface area contributed by atoms with E-state index in [0.717, 1.165) is 62.5 Å². The van der Waals surface area contributed by atoms with Crippen LogP contribution in [0.3, 0.4) is 0 Å². The Hall–Kier alpha value is -2.48. The Morgan fingerprint density at radius 3 is 2.75 bits per heavy atom. The van der Waals surface area contributed by atoms with E-state index < -0.39 is 6.10 Å². The highest BCUT2D eigenvalue weighted by molar-refractivity contribution is 5.41. The minimum atomic E-state index is -0.487. The Balaban J connectivity index is 1.52. The molecule has 4 rings (SSSR count). The van der Waals surface area contributed by atoms with Gasteiger partial charge in [0.25, 0.3) is 5.56 Å². The number of piperidine rings is 1. The van der Waals surface area contributed by atoms with Gasteiger partial charge in [-0.25, -0.2) is 4.68 Å². The van der Waals surface area contributed by atoms with Gasteiger partial charge in [0.15, 0.2) is 0 Å². The largest absolute Gasteiger partial charge is 0.391 e. The number of hydrogen-bond donors (Lipinski definition) is 2. The lowest BCUT2D eigenvalue weighted by Gasteiger charge is -2.37. The maximum atomic E-state index is 12.3. The number of aliphatic hydroxyl groups is 1. The molecule has 2 aromatic rings. The van der Waals surface area contributed by atoms with Crippen LogP contribution in [0.4, 0.5) is 11.6 Å². The van der Waals surface area contributed by atoms with E-state index in [1.54, 1.807) is 6.07 Å². The fourth-order valence-electron chi connectivity index (χ4n) is 4.24. The van der Waals surface area contributed by atoms with E-state index >= 15 is 0 Å². The highest BCUT2D eigenvalue weighted by atomic mass is 16.3. The SMILES string of the molecule is Cc1ccc(NCC2CCCCN2c2ccc(=O)n(C3CCCC3O)n2)nn1. The Kier molecular flexibility index (Phi) is 5.57. The number of hydrogen-bond acceptors (Lipinski definition) is 7. The predicted molar refractivity (Wildman–Crippen MR) is 108 cm³/mol. The third-order valence-electron chi connectivity index (χ3n) is 5.81. The van der Waals surface area contributed by atoms with Gasteiger partial charge in [0.1, 0.15) is 11.6 Å². The molecule has 1 saturated carbocycles. The molecule has 3 heterocycles. The van der Waals surface area contributed by atoms with Gasteiger partial charge in [-0.1, -0.05) is 0 Å². The summed E-state index contributed by atoms with van der Waals surface area (Å²) in [6, 6.07) is 7.33. The third-order valence-corrected chi connectivity index (χ3v) is 5.81. The summed E-state index contributed by atoms with van der Waals surface area (Å²) in [6.45, 7) is 3.57. The summed E-state index contributed by atoms with van der Waals surface area (Å²) in [4.78, 5) is 14.6. The smallest absolute Gasteiger partial charge is 0.267 e. The zero-order valence-electron chi connectivity index (χ0n) is 16.3. The summed E-state index contributed by atoms with van der Waals surface area (Å²) in [5, 5.41) is 26.5. The van der Waals surface area contributed by atoms with Crippen LogP contribution in [0.15, 0.2) is 29.1 Å². The van der Waals surface area contributed by atoms with Crippen LogP contribution in [0.2, 0.25) is 0 Å². The predicted octanol–water partition coefficient (Wildman–Crippen LogP) is 1.90. The van der Waals surface area contributed by atoms with Crippen molar-refractivity contribution in [2.24, 2.45) is 0 Å². The van der Waals surface area contributed by atoms with Gasteiger partial charge in [-0.15, -0.1) is 5.10 Å². The highest BCUT2D eigenvalue weighted by Gasteiger charge is 2.30. The second-order valence-electron chi connectivity index (χ2n) is 7.82.